The molecule has 2 N–H and O–H groups in total. The molecule has 0 saturated heterocycles. The molecule has 2 heterocycles. The van der Waals surface area contributed by atoms with Gasteiger partial charge in [-0.3, -0.25) is 15.0 Å². The van der Waals surface area contributed by atoms with Crippen LogP contribution in [0.2, 0.25) is 0 Å². The first-order chi connectivity index (χ1) is 9.13. The average Bonchev–Trinajstić information content (AvgIpc) is 2.95. The number of aromatic nitrogens is 4. The highest BCUT2D eigenvalue weighted by atomic mass is 16.1. The molecule has 0 aliphatic heterocycles. The van der Waals surface area contributed by atoms with Gasteiger partial charge in [0.1, 0.15) is 0 Å². The van der Waals surface area contributed by atoms with Gasteiger partial charge in [-0.25, -0.2) is 4.98 Å². The Morgan fingerprint density at radius 3 is 2.79 bits per heavy atom. The number of nitrogens with zero attached hydrogens (tertiary/aromatic N) is 2. The molecule has 0 spiro atoms. The quantitative estimate of drug-likeness (QED) is 0.755. The lowest BCUT2D eigenvalue weighted by Gasteiger charge is -2.07. The Morgan fingerprint density at radius 2 is 2.11 bits per heavy atom. The number of aromatic amines is 2. The Balaban J connectivity index is 2.10. The maximum Gasteiger partial charge on any atom is 0.264 e. The predicted molar refractivity (Wildman–Crippen MR) is 75.0 cm³/mol. The molecule has 5 heteroatoms. The van der Waals surface area contributed by atoms with Gasteiger partial charge in [-0.05, 0) is 18.1 Å². The number of hydrogen-bond donors (Lipinski definition) is 2. The molecule has 0 saturated carbocycles. The van der Waals surface area contributed by atoms with Gasteiger partial charge < -0.3 is 4.57 Å². The van der Waals surface area contributed by atoms with Crippen LogP contribution < -0.4 is 5.56 Å². The molecule has 0 bridgehead atoms. The van der Waals surface area contributed by atoms with Crippen LogP contribution in [0.25, 0.3) is 22.3 Å². The fraction of sp³-hybridized carbons (Fsp3) is 0.286. The molecule has 3 aromatic rings. The van der Waals surface area contributed by atoms with Crippen molar-refractivity contribution < 1.29 is 0 Å². The lowest BCUT2D eigenvalue weighted by molar-refractivity contribution is 0.533. The third-order valence-corrected chi connectivity index (χ3v) is 3.09. The number of H-pyrrole nitrogens is 2. The first-order valence-corrected chi connectivity index (χ1v) is 6.36. The minimum atomic E-state index is -0.120. The van der Waals surface area contributed by atoms with Gasteiger partial charge in [0.2, 0.25) is 0 Å². The number of benzene rings is 1. The topological polar surface area (TPSA) is 66.5 Å². The summed E-state index contributed by atoms with van der Waals surface area (Å²) in [4.78, 5) is 15.6. The molecule has 19 heavy (non-hydrogen) atoms. The smallest absolute Gasteiger partial charge is 0.264 e. The first-order valence-electron chi connectivity index (χ1n) is 6.36. The van der Waals surface area contributed by atoms with E-state index < -0.39 is 0 Å². The molecule has 98 valence electrons. The van der Waals surface area contributed by atoms with Crippen LogP contribution in [0, 0.1) is 5.92 Å². The second-order valence-corrected chi connectivity index (χ2v) is 5.17. The standard InChI is InChI=1S/C14H16N4O/c1-9(2)7-18-8-15-11-4-3-10(5-13(11)18)12-6-14(19)17-16-12/h3-6,8-9H,7H2,1-2H3,(H2,16,17,19). The summed E-state index contributed by atoms with van der Waals surface area (Å²) in [5, 5.41) is 5.42. The maximum absolute atomic E-state index is 11.2. The van der Waals surface area contributed by atoms with Gasteiger partial charge in [-0.1, -0.05) is 19.9 Å². The largest absolute Gasteiger partial charge is 0.330 e. The van der Waals surface area contributed by atoms with Crippen LogP contribution >= 0.6 is 0 Å². The van der Waals surface area contributed by atoms with E-state index in [1.807, 2.05) is 18.5 Å². The molecule has 0 unspecified atom stereocenters. The van der Waals surface area contributed by atoms with Crippen LogP contribution in [0.4, 0.5) is 0 Å². The minimum absolute atomic E-state index is 0.120. The van der Waals surface area contributed by atoms with Crippen molar-refractivity contribution in [3.05, 3.63) is 40.9 Å². The van der Waals surface area contributed by atoms with E-state index in [2.05, 4.69) is 39.7 Å². The molecule has 0 aliphatic rings. The van der Waals surface area contributed by atoms with Crippen molar-refractivity contribution in [1.82, 2.24) is 19.7 Å². The molecule has 0 aliphatic carbocycles. The second-order valence-electron chi connectivity index (χ2n) is 5.17. The van der Waals surface area contributed by atoms with Crippen molar-refractivity contribution in [2.24, 2.45) is 5.92 Å². The van der Waals surface area contributed by atoms with Crippen molar-refractivity contribution in [2.45, 2.75) is 20.4 Å². The highest BCUT2D eigenvalue weighted by molar-refractivity contribution is 5.81. The van der Waals surface area contributed by atoms with Gasteiger partial charge in [-0.2, -0.15) is 0 Å². The van der Waals surface area contributed by atoms with Crippen LogP contribution in [0.1, 0.15) is 13.8 Å². The van der Waals surface area contributed by atoms with E-state index in [0.717, 1.165) is 28.8 Å². The second kappa shape index (κ2) is 4.42. The van der Waals surface area contributed by atoms with Crippen molar-refractivity contribution >= 4 is 11.0 Å². The summed E-state index contributed by atoms with van der Waals surface area (Å²) < 4.78 is 2.15. The van der Waals surface area contributed by atoms with E-state index >= 15 is 0 Å². The van der Waals surface area contributed by atoms with E-state index in [1.54, 1.807) is 6.07 Å². The lowest BCUT2D eigenvalue weighted by Crippen LogP contribution is -2.02. The van der Waals surface area contributed by atoms with E-state index in [4.69, 9.17) is 0 Å². The highest BCUT2D eigenvalue weighted by Crippen LogP contribution is 2.22. The van der Waals surface area contributed by atoms with Crippen molar-refractivity contribution in [2.75, 3.05) is 0 Å². The zero-order valence-electron chi connectivity index (χ0n) is 11.0. The SMILES string of the molecule is CC(C)Cn1cnc2ccc(-c3cc(=O)[nH][nH]3)cc21. The summed E-state index contributed by atoms with van der Waals surface area (Å²) in [6.07, 6.45) is 1.87. The van der Waals surface area contributed by atoms with Crippen LogP contribution in [0.15, 0.2) is 35.4 Å². The normalized spacial score (nSPS) is 11.5. The summed E-state index contributed by atoms with van der Waals surface area (Å²) in [7, 11) is 0. The molecule has 0 radical (unpaired) electrons. The summed E-state index contributed by atoms with van der Waals surface area (Å²) in [6.45, 7) is 5.29. The zero-order valence-corrected chi connectivity index (χ0v) is 11.0. The number of imidazole rings is 1. The average molecular weight is 256 g/mol. The number of fused-ring (bicyclic) bond motifs is 1. The molecular formula is C14H16N4O. The Hall–Kier alpha value is -2.30. The third-order valence-electron chi connectivity index (χ3n) is 3.09. The molecule has 0 amide bonds. The van der Waals surface area contributed by atoms with Crippen LogP contribution in [0.5, 0.6) is 0 Å². The van der Waals surface area contributed by atoms with E-state index in [9.17, 15) is 4.79 Å². The molecule has 0 fully saturated rings. The van der Waals surface area contributed by atoms with E-state index in [0.29, 0.717) is 5.92 Å². The van der Waals surface area contributed by atoms with Gasteiger partial charge in [0.25, 0.3) is 5.56 Å². The Kier molecular flexibility index (Phi) is 2.74. The predicted octanol–water partition coefficient (Wildman–Crippen LogP) is 2.38. The van der Waals surface area contributed by atoms with Gasteiger partial charge in [-0.15, -0.1) is 0 Å². The summed E-state index contributed by atoms with van der Waals surface area (Å²) in [5.74, 6) is 0.563. The third kappa shape index (κ3) is 2.19. The molecular weight excluding hydrogens is 240 g/mol. The molecule has 5 nitrogen and oxygen atoms in total. The van der Waals surface area contributed by atoms with Crippen LogP contribution in [-0.2, 0) is 6.54 Å². The van der Waals surface area contributed by atoms with E-state index in [-0.39, 0.29) is 5.56 Å². The number of rotatable bonds is 3. The van der Waals surface area contributed by atoms with Gasteiger partial charge in [0, 0.05) is 18.2 Å². The first kappa shape index (κ1) is 11.8. The maximum atomic E-state index is 11.2. The Labute approximate surface area is 110 Å². The molecule has 1 aromatic carbocycles. The van der Waals surface area contributed by atoms with Gasteiger partial charge >= 0.3 is 0 Å². The molecule has 0 atom stereocenters. The fourth-order valence-electron chi connectivity index (χ4n) is 2.25. The van der Waals surface area contributed by atoms with Crippen molar-refractivity contribution in [3.8, 4) is 11.3 Å². The Bertz CT molecular complexity index is 763. The number of hydrogen-bond acceptors (Lipinski definition) is 2. The zero-order chi connectivity index (χ0) is 13.4. The van der Waals surface area contributed by atoms with Crippen LogP contribution in [-0.4, -0.2) is 19.7 Å². The van der Waals surface area contributed by atoms with Crippen LogP contribution in [0.3, 0.4) is 0 Å². The number of nitrogens with one attached hydrogen (secondary N) is 2. The molecule has 3 rings (SSSR count). The summed E-state index contributed by atoms with van der Waals surface area (Å²) >= 11 is 0. The minimum Gasteiger partial charge on any atom is -0.330 e. The van der Waals surface area contributed by atoms with Crippen molar-refractivity contribution in [3.63, 3.8) is 0 Å². The summed E-state index contributed by atoms with van der Waals surface area (Å²) in [6, 6.07) is 7.56. The fourth-order valence-corrected chi connectivity index (χ4v) is 2.25. The molecule has 2 aromatic heterocycles. The van der Waals surface area contributed by atoms with Crippen molar-refractivity contribution in [1.29, 1.82) is 0 Å². The summed E-state index contributed by atoms with van der Waals surface area (Å²) in [5.41, 5.74) is 3.72. The van der Waals surface area contributed by atoms with E-state index in [1.165, 1.54) is 0 Å². The highest BCUT2D eigenvalue weighted by Gasteiger charge is 2.07. The van der Waals surface area contributed by atoms with Gasteiger partial charge in [0.15, 0.2) is 0 Å². The monoisotopic (exact) mass is 256 g/mol. The Morgan fingerprint density at radius 1 is 1.26 bits per heavy atom. The lowest BCUT2D eigenvalue weighted by atomic mass is 10.1. The van der Waals surface area contributed by atoms with Gasteiger partial charge in [0.05, 0.1) is 23.1 Å².